The second-order valence-corrected chi connectivity index (χ2v) is 10.4. The van der Waals surface area contributed by atoms with Crippen molar-refractivity contribution in [3.63, 3.8) is 0 Å². The average molecular weight is 483 g/mol. The maximum absolute atomic E-state index is 13.1. The summed E-state index contributed by atoms with van der Waals surface area (Å²) in [5.74, 6) is -0.189. The molecule has 9 heteroatoms. The fraction of sp³-hybridized carbons (Fsp3) is 0.360. The van der Waals surface area contributed by atoms with Gasteiger partial charge in [0.05, 0.1) is 23.8 Å². The molecule has 0 saturated carbocycles. The molecule has 0 atom stereocenters. The number of aromatic amines is 1. The number of morpholine rings is 1. The Morgan fingerprint density at radius 2 is 1.85 bits per heavy atom. The summed E-state index contributed by atoms with van der Waals surface area (Å²) in [6.45, 7) is 3.75. The standard InChI is InChI=1S/C25H30N4O4S/c1-19-10-11-22(34(31,32)29-13-15-33-16-14-29)18-23(19)25(30)28(2)12-6-9-21-17-24(27-26-21)20-7-4-3-5-8-20/h3-5,7-8,10-11,17-18H,6,9,12-16H2,1-2H3,(H,26,27). The topological polar surface area (TPSA) is 95.6 Å². The molecule has 0 spiro atoms. The van der Waals surface area contributed by atoms with E-state index in [9.17, 15) is 13.2 Å². The van der Waals surface area contributed by atoms with E-state index >= 15 is 0 Å². The van der Waals surface area contributed by atoms with Crippen LogP contribution in [-0.2, 0) is 21.2 Å². The van der Waals surface area contributed by atoms with Gasteiger partial charge in [-0.25, -0.2) is 8.42 Å². The highest BCUT2D eigenvalue weighted by molar-refractivity contribution is 7.89. The maximum atomic E-state index is 13.1. The molecule has 3 aromatic rings. The van der Waals surface area contributed by atoms with Crippen molar-refractivity contribution in [2.45, 2.75) is 24.7 Å². The van der Waals surface area contributed by atoms with E-state index in [1.807, 2.05) is 43.3 Å². The van der Waals surface area contributed by atoms with Gasteiger partial charge in [-0.05, 0) is 43.5 Å². The molecule has 4 rings (SSSR count). The fourth-order valence-electron chi connectivity index (χ4n) is 3.99. The Kier molecular flexibility index (Phi) is 7.45. The molecule has 180 valence electrons. The van der Waals surface area contributed by atoms with Crippen molar-refractivity contribution in [2.24, 2.45) is 0 Å². The van der Waals surface area contributed by atoms with Crippen molar-refractivity contribution >= 4 is 15.9 Å². The number of H-pyrrole nitrogens is 1. The van der Waals surface area contributed by atoms with Crippen LogP contribution in [0, 0.1) is 6.92 Å². The Labute approximate surface area is 200 Å². The van der Waals surface area contributed by atoms with Gasteiger partial charge in [-0.1, -0.05) is 36.4 Å². The number of benzene rings is 2. The van der Waals surface area contributed by atoms with Crippen molar-refractivity contribution in [1.82, 2.24) is 19.4 Å². The van der Waals surface area contributed by atoms with Crippen molar-refractivity contribution in [3.8, 4) is 11.3 Å². The number of carbonyl (C=O) groups is 1. The molecule has 8 nitrogen and oxygen atoms in total. The first-order chi connectivity index (χ1) is 16.4. The predicted molar refractivity (Wildman–Crippen MR) is 130 cm³/mol. The Morgan fingerprint density at radius 3 is 2.59 bits per heavy atom. The number of ether oxygens (including phenoxy) is 1. The third-order valence-corrected chi connectivity index (χ3v) is 7.93. The number of carbonyl (C=O) groups excluding carboxylic acids is 1. The molecule has 1 fully saturated rings. The molecule has 0 bridgehead atoms. The number of nitrogens with one attached hydrogen (secondary N) is 1. The summed E-state index contributed by atoms with van der Waals surface area (Å²) in [7, 11) is -1.92. The largest absolute Gasteiger partial charge is 0.379 e. The number of hydrogen-bond acceptors (Lipinski definition) is 5. The van der Waals surface area contributed by atoms with Gasteiger partial charge in [-0.15, -0.1) is 0 Å². The van der Waals surface area contributed by atoms with E-state index in [4.69, 9.17) is 4.74 Å². The van der Waals surface area contributed by atoms with Gasteiger partial charge < -0.3 is 9.64 Å². The molecule has 0 unspecified atom stereocenters. The molecule has 1 aliphatic rings. The minimum atomic E-state index is -3.66. The van der Waals surface area contributed by atoms with Crippen LogP contribution >= 0.6 is 0 Å². The Hall–Kier alpha value is -3.01. The summed E-state index contributed by atoms with van der Waals surface area (Å²) in [5.41, 5.74) is 4.12. The van der Waals surface area contributed by atoms with Crippen LogP contribution in [0.5, 0.6) is 0 Å². The van der Waals surface area contributed by atoms with Crippen molar-refractivity contribution in [2.75, 3.05) is 39.9 Å². The molecular weight excluding hydrogens is 452 g/mol. The van der Waals surface area contributed by atoms with Crippen LogP contribution in [-0.4, -0.2) is 73.6 Å². The zero-order valence-electron chi connectivity index (χ0n) is 19.5. The second kappa shape index (κ2) is 10.5. The highest BCUT2D eigenvalue weighted by atomic mass is 32.2. The number of nitrogens with zero attached hydrogens (tertiary/aromatic N) is 3. The first kappa shape index (κ1) is 24.1. The highest BCUT2D eigenvalue weighted by Crippen LogP contribution is 2.22. The third kappa shape index (κ3) is 5.38. The highest BCUT2D eigenvalue weighted by Gasteiger charge is 2.27. The molecule has 0 aliphatic carbocycles. The lowest BCUT2D eigenvalue weighted by Gasteiger charge is -2.26. The summed E-state index contributed by atoms with van der Waals surface area (Å²) < 4.78 is 32.7. The number of aryl methyl sites for hydroxylation is 2. The first-order valence-corrected chi connectivity index (χ1v) is 12.8. The van der Waals surface area contributed by atoms with E-state index in [-0.39, 0.29) is 10.8 Å². The van der Waals surface area contributed by atoms with Gasteiger partial charge in [0.2, 0.25) is 10.0 Å². The Morgan fingerprint density at radius 1 is 1.12 bits per heavy atom. The van der Waals surface area contributed by atoms with Crippen LogP contribution in [0.1, 0.15) is 28.0 Å². The van der Waals surface area contributed by atoms with Gasteiger partial charge >= 0.3 is 0 Å². The SMILES string of the molecule is Cc1ccc(S(=O)(=O)N2CCOCC2)cc1C(=O)N(C)CCCc1cc(-c2ccccc2)n[nH]1. The Bertz CT molecular complexity index is 1230. The molecule has 2 aromatic carbocycles. The van der Waals surface area contributed by atoms with Crippen LogP contribution in [0.2, 0.25) is 0 Å². The summed E-state index contributed by atoms with van der Waals surface area (Å²) in [4.78, 5) is 14.9. The van der Waals surface area contributed by atoms with E-state index in [2.05, 4.69) is 10.2 Å². The molecule has 34 heavy (non-hydrogen) atoms. The predicted octanol–water partition coefficient (Wildman–Crippen LogP) is 3.11. The van der Waals surface area contributed by atoms with Crippen molar-refractivity contribution < 1.29 is 17.9 Å². The van der Waals surface area contributed by atoms with Crippen molar-refractivity contribution in [1.29, 1.82) is 0 Å². The number of aromatic nitrogens is 2. The summed E-state index contributed by atoms with van der Waals surface area (Å²) >= 11 is 0. The quantitative estimate of drug-likeness (QED) is 0.532. The molecule has 0 radical (unpaired) electrons. The van der Waals surface area contributed by atoms with E-state index < -0.39 is 10.0 Å². The number of rotatable bonds is 8. The molecule has 2 heterocycles. The molecule has 1 N–H and O–H groups in total. The zero-order chi connectivity index (χ0) is 24.1. The lowest BCUT2D eigenvalue weighted by atomic mass is 10.1. The molecule has 1 aliphatic heterocycles. The molecule has 1 amide bonds. The van der Waals surface area contributed by atoms with E-state index in [1.54, 1.807) is 24.1 Å². The van der Waals surface area contributed by atoms with Crippen LogP contribution in [0.15, 0.2) is 59.5 Å². The maximum Gasteiger partial charge on any atom is 0.253 e. The van der Waals surface area contributed by atoms with Crippen LogP contribution in [0.3, 0.4) is 0 Å². The number of sulfonamides is 1. The zero-order valence-corrected chi connectivity index (χ0v) is 20.3. The van der Waals surface area contributed by atoms with Gasteiger partial charge in [0.25, 0.3) is 5.91 Å². The lowest BCUT2D eigenvalue weighted by Crippen LogP contribution is -2.40. The van der Waals surface area contributed by atoms with Crippen molar-refractivity contribution in [3.05, 3.63) is 71.4 Å². The molecular formula is C25H30N4O4S. The van der Waals surface area contributed by atoms with E-state index in [1.165, 1.54) is 10.4 Å². The summed E-state index contributed by atoms with van der Waals surface area (Å²) in [6, 6.07) is 16.8. The summed E-state index contributed by atoms with van der Waals surface area (Å²) in [5, 5.41) is 7.44. The number of amides is 1. The van der Waals surface area contributed by atoms with Gasteiger partial charge in [-0.3, -0.25) is 9.89 Å². The number of hydrogen-bond donors (Lipinski definition) is 1. The van der Waals surface area contributed by atoms with Gasteiger partial charge in [0.1, 0.15) is 0 Å². The van der Waals surface area contributed by atoms with Gasteiger partial charge in [0.15, 0.2) is 0 Å². The molecule has 1 aromatic heterocycles. The van der Waals surface area contributed by atoms with E-state index in [0.29, 0.717) is 38.4 Å². The monoisotopic (exact) mass is 482 g/mol. The Balaban J connectivity index is 1.39. The second-order valence-electron chi connectivity index (χ2n) is 8.47. The summed E-state index contributed by atoms with van der Waals surface area (Å²) in [6.07, 6.45) is 1.51. The van der Waals surface area contributed by atoms with E-state index in [0.717, 1.165) is 35.4 Å². The minimum absolute atomic E-state index is 0.141. The van der Waals surface area contributed by atoms with Gasteiger partial charge in [-0.2, -0.15) is 9.40 Å². The molecule has 1 saturated heterocycles. The normalized spacial score (nSPS) is 14.8. The van der Waals surface area contributed by atoms with Gasteiger partial charge in [0, 0.05) is 43.5 Å². The third-order valence-electron chi connectivity index (χ3n) is 6.03. The fourth-order valence-corrected chi connectivity index (χ4v) is 5.42. The smallest absolute Gasteiger partial charge is 0.253 e. The lowest BCUT2D eigenvalue weighted by molar-refractivity contribution is 0.0730. The first-order valence-electron chi connectivity index (χ1n) is 11.4. The minimum Gasteiger partial charge on any atom is -0.379 e. The van der Waals surface area contributed by atoms with Crippen LogP contribution in [0.4, 0.5) is 0 Å². The van der Waals surface area contributed by atoms with Crippen LogP contribution < -0.4 is 0 Å². The average Bonchev–Trinajstić information content (AvgIpc) is 3.34. The van der Waals surface area contributed by atoms with Crippen LogP contribution in [0.25, 0.3) is 11.3 Å².